The van der Waals surface area contributed by atoms with Gasteiger partial charge in [-0.25, -0.2) is 4.98 Å². The number of hydrogen-bond acceptors (Lipinski definition) is 7. The van der Waals surface area contributed by atoms with Gasteiger partial charge < -0.3 is 24.4 Å². The monoisotopic (exact) mass is 516 g/mol. The van der Waals surface area contributed by atoms with Gasteiger partial charge in [0.25, 0.3) is 5.91 Å². The van der Waals surface area contributed by atoms with E-state index in [1.807, 2.05) is 4.57 Å². The van der Waals surface area contributed by atoms with Gasteiger partial charge in [0.05, 0.1) is 18.6 Å². The molecule has 1 N–H and O–H groups in total. The molecule has 6 rings (SSSR count). The van der Waals surface area contributed by atoms with Gasteiger partial charge in [-0.05, 0) is 62.9 Å². The van der Waals surface area contributed by atoms with Crippen LogP contribution in [-0.2, 0) is 11.2 Å². The van der Waals surface area contributed by atoms with Crippen LogP contribution in [0, 0.1) is 0 Å². The number of amides is 1. The van der Waals surface area contributed by atoms with Crippen LogP contribution in [0.2, 0.25) is 0 Å². The first-order valence-electron chi connectivity index (χ1n) is 14.0. The maximum Gasteiger partial charge on any atom is 0.259 e. The van der Waals surface area contributed by atoms with E-state index in [1.165, 1.54) is 31.5 Å². The Balaban J connectivity index is 1.26. The molecule has 4 heterocycles. The predicted molar refractivity (Wildman–Crippen MR) is 147 cm³/mol. The standard InChI is InChI=1S/C29H36N6O3/c36-26-24-19-30-29(31-22-9-7-21(8-10-22)11-14-33-12-3-4-13-33)32-27(24)35(23-5-1-2-6-23)20-25(26)28(37)34-15-17-38-18-16-34/h7-10,19-20,23H,1-6,11-18H2,(H,30,31,32). The Morgan fingerprint density at radius 3 is 2.47 bits per heavy atom. The zero-order valence-electron chi connectivity index (χ0n) is 21.9. The van der Waals surface area contributed by atoms with E-state index in [4.69, 9.17) is 9.72 Å². The Morgan fingerprint density at radius 1 is 1.00 bits per heavy atom. The lowest BCUT2D eigenvalue weighted by Crippen LogP contribution is -2.42. The van der Waals surface area contributed by atoms with E-state index in [1.54, 1.807) is 17.3 Å². The van der Waals surface area contributed by atoms with E-state index >= 15 is 0 Å². The van der Waals surface area contributed by atoms with Crippen molar-refractivity contribution in [3.8, 4) is 0 Å². The number of anilines is 2. The highest BCUT2D eigenvalue weighted by Gasteiger charge is 2.26. The molecule has 0 unspecified atom stereocenters. The van der Waals surface area contributed by atoms with E-state index in [0.29, 0.717) is 43.3 Å². The number of aromatic nitrogens is 3. The van der Waals surface area contributed by atoms with Crippen LogP contribution in [0.1, 0.15) is 60.5 Å². The van der Waals surface area contributed by atoms with Gasteiger partial charge in [0.15, 0.2) is 0 Å². The third-order valence-electron chi connectivity index (χ3n) is 8.14. The molecule has 1 aromatic carbocycles. The Morgan fingerprint density at radius 2 is 1.74 bits per heavy atom. The predicted octanol–water partition coefficient (Wildman–Crippen LogP) is 3.76. The molecule has 9 nitrogen and oxygen atoms in total. The van der Waals surface area contributed by atoms with Crippen molar-refractivity contribution in [1.29, 1.82) is 0 Å². The summed E-state index contributed by atoms with van der Waals surface area (Å²) >= 11 is 0. The number of nitrogens with one attached hydrogen (secondary N) is 1. The zero-order chi connectivity index (χ0) is 25.9. The second-order valence-corrected chi connectivity index (χ2v) is 10.7. The van der Waals surface area contributed by atoms with E-state index < -0.39 is 0 Å². The zero-order valence-corrected chi connectivity index (χ0v) is 21.9. The third-order valence-corrected chi connectivity index (χ3v) is 8.14. The van der Waals surface area contributed by atoms with Crippen LogP contribution in [0.4, 0.5) is 11.6 Å². The number of rotatable bonds is 7. The number of nitrogens with zero attached hydrogens (tertiary/aromatic N) is 5. The molecule has 2 saturated heterocycles. The summed E-state index contributed by atoms with van der Waals surface area (Å²) in [6.45, 7) is 5.52. The topological polar surface area (TPSA) is 92.6 Å². The van der Waals surface area contributed by atoms with Gasteiger partial charge in [-0.3, -0.25) is 9.59 Å². The SMILES string of the molecule is O=C(c1cn(C2CCCC2)c2nc(Nc3ccc(CCN4CCCC4)cc3)ncc2c1=O)N1CCOCC1. The molecular weight excluding hydrogens is 480 g/mol. The molecule has 3 fully saturated rings. The smallest absolute Gasteiger partial charge is 0.259 e. The highest BCUT2D eigenvalue weighted by Crippen LogP contribution is 2.32. The van der Waals surface area contributed by atoms with Gasteiger partial charge in [0.2, 0.25) is 11.4 Å². The Bertz CT molecular complexity index is 1340. The first-order valence-corrected chi connectivity index (χ1v) is 14.0. The van der Waals surface area contributed by atoms with Gasteiger partial charge in [0.1, 0.15) is 11.2 Å². The first-order chi connectivity index (χ1) is 18.7. The largest absolute Gasteiger partial charge is 0.378 e. The van der Waals surface area contributed by atoms with Crippen molar-refractivity contribution in [3.05, 3.63) is 58.0 Å². The average molecular weight is 517 g/mol. The molecule has 0 spiro atoms. The Hall–Kier alpha value is -3.30. The van der Waals surface area contributed by atoms with Crippen LogP contribution in [-0.4, -0.2) is 76.2 Å². The van der Waals surface area contributed by atoms with Crippen molar-refractivity contribution in [2.24, 2.45) is 0 Å². The quantitative estimate of drug-likeness (QED) is 0.511. The minimum absolute atomic E-state index is 0.195. The molecule has 0 atom stereocenters. The number of ether oxygens (including phenoxy) is 1. The second-order valence-electron chi connectivity index (χ2n) is 10.7. The van der Waals surface area contributed by atoms with Crippen molar-refractivity contribution in [2.75, 3.05) is 51.3 Å². The number of pyridine rings is 1. The molecule has 9 heteroatoms. The number of carbonyl (C=O) groups excluding carboxylic acids is 1. The van der Waals surface area contributed by atoms with Gasteiger partial charge in [0, 0.05) is 43.8 Å². The average Bonchev–Trinajstić information content (AvgIpc) is 3.68. The summed E-state index contributed by atoms with van der Waals surface area (Å²) in [5, 5.41) is 3.70. The van der Waals surface area contributed by atoms with Crippen molar-refractivity contribution < 1.29 is 9.53 Å². The highest BCUT2D eigenvalue weighted by molar-refractivity contribution is 5.97. The molecular formula is C29H36N6O3. The van der Waals surface area contributed by atoms with Crippen LogP contribution in [0.25, 0.3) is 11.0 Å². The number of fused-ring (bicyclic) bond motifs is 1. The number of carbonyl (C=O) groups is 1. The van der Waals surface area contributed by atoms with Gasteiger partial charge in [-0.15, -0.1) is 0 Å². The lowest BCUT2D eigenvalue weighted by atomic mass is 10.1. The first kappa shape index (κ1) is 25.0. The Kier molecular flexibility index (Phi) is 7.38. The summed E-state index contributed by atoms with van der Waals surface area (Å²) in [6.07, 6.45) is 11.3. The van der Waals surface area contributed by atoms with Crippen LogP contribution in [0.5, 0.6) is 0 Å². The number of morpholine rings is 1. The molecule has 1 amide bonds. The van der Waals surface area contributed by atoms with Crippen molar-refractivity contribution in [1.82, 2.24) is 24.3 Å². The summed E-state index contributed by atoms with van der Waals surface area (Å²) < 4.78 is 7.43. The van der Waals surface area contributed by atoms with Gasteiger partial charge in [-0.1, -0.05) is 25.0 Å². The minimum Gasteiger partial charge on any atom is -0.378 e. The lowest BCUT2D eigenvalue weighted by molar-refractivity contribution is 0.0301. The van der Waals surface area contributed by atoms with Gasteiger partial charge in [-0.2, -0.15) is 4.98 Å². The Labute approximate surface area is 222 Å². The van der Waals surface area contributed by atoms with E-state index in [-0.39, 0.29) is 22.9 Å². The fraction of sp³-hybridized carbons (Fsp3) is 0.517. The molecule has 0 bridgehead atoms. The third kappa shape index (κ3) is 5.31. The van der Waals surface area contributed by atoms with E-state index in [0.717, 1.165) is 44.3 Å². The molecule has 200 valence electrons. The highest BCUT2D eigenvalue weighted by atomic mass is 16.5. The van der Waals surface area contributed by atoms with Crippen LogP contribution >= 0.6 is 0 Å². The molecule has 38 heavy (non-hydrogen) atoms. The van der Waals surface area contributed by atoms with Crippen LogP contribution in [0.15, 0.2) is 41.5 Å². The molecule has 3 aromatic rings. The number of benzene rings is 1. The normalized spacial score (nSPS) is 18.9. The summed E-state index contributed by atoms with van der Waals surface area (Å²) in [7, 11) is 0. The molecule has 2 aromatic heterocycles. The maximum absolute atomic E-state index is 13.4. The second kappa shape index (κ2) is 11.2. The maximum atomic E-state index is 13.4. The van der Waals surface area contributed by atoms with Gasteiger partial charge >= 0.3 is 0 Å². The van der Waals surface area contributed by atoms with Crippen LogP contribution in [0.3, 0.4) is 0 Å². The van der Waals surface area contributed by atoms with Crippen LogP contribution < -0.4 is 10.7 Å². The molecule has 1 saturated carbocycles. The fourth-order valence-electron chi connectivity index (χ4n) is 5.92. The van der Waals surface area contributed by atoms with E-state index in [2.05, 4.69) is 39.5 Å². The summed E-state index contributed by atoms with van der Waals surface area (Å²) in [5.74, 6) is 0.208. The minimum atomic E-state index is -0.306. The molecule has 2 aliphatic heterocycles. The van der Waals surface area contributed by atoms with Crippen molar-refractivity contribution in [3.63, 3.8) is 0 Å². The van der Waals surface area contributed by atoms with Crippen molar-refractivity contribution >= 4 is 28.6 Å². The summed E-state index contributed by atoms with van der Waals surface area (Å²) in [6, 6.07) is 8.63. The van der Waals surface area contributed by atoms with Crippen molar-refractivity contribution in [2.45, 2.75) is 51.0 Å². The lowest BCUT2D eigenvalue weighted by Gasteiger charge is -2.27. The van der Waals surface area contributed by atoms with E-state index in [9.17, 15) is 9.59 Å². The summed E-state index contributed by atoms with van der Waals surface area (Å²) in [4.78, 5) is 40.2. The molecule has 0 radical (unpaired) electrons. The number of likely N-dealkylation sites (tertiary alicyclic amines) is 1. The fourth-order valence-corrected chi connectivity index (χ4v) is 5.92. The summed E-state index contributed by atoms with van der Waals surface area (Å²) in [5.41, 5.74) is 2.69. The number of hydrogen-bond donors (Lipinski definition) is 1. The molecule has 1 aliphatic carbocycles. The molecule has 3 aliphatic rings.